The number of nitrogens with zero attached hydrogens (tertiary/aromatic N) is 6. The molecule has 0 atom stereocenters. The van der Waals surface area contributed by atoms with Crippen LogP contribution in [0, 0.1) is 13.8 Å². The van der Waals surface area contributed by atoms with Gasteiger partial charge in [0.05, 0.1) is 22.6 Å². The predicted octanol–water partition coefficient (Wildman–Crippen LogP) is 4.01. The van der Waals surface area contributed by atoms with Crippen LogP contribution in [0.15, 0.2) is 24.3 Å². The number of fused-ring (bicyclic) bond motifs is 1. The van der Waals surface area contributed by atoms with Crippen molar-refractivity contribution in [3.05, 3.63) is 35.5 Å². The molecular weight excluding hydrogens is 432 g/mol. The number of amides is 1. The van der Waals surface area contributed by atoms with E-state index in [-0.39, 0.29) is 5.91 Å². The van der Waals surface area contributed by atoms with Crippen LogP contribution in [0.2, 0.25) is 0 Å². The molecule has 2 aromatic heterocycles. The zero-order valence-corrected chi connectivity index (χ0v) is 20.8. The number of likely N-dealkylation sites (N-methyl/N-ethyl adjacent to an activating group) is 1. The molecular formula is C25H34N6OS. The molecule has 0 radical (unpaired) electrons. The van der Waals surface area contributed by atoms with Crippen LogP contribution in [-0.4, -0.2) is 76.3 Å². The van der Waals surface area contributed by atoms with Gasteiger partial charge in [-0.2, -0.15) is 10.1 Å². The van der Waals surface area contributed by atoms with Crippen molar-refractivity contribution in [3.8, 4) is 5.69 Å². The van der Waals surface area contributed by atoms with Gasteiger partial charge in [0.15, 0.2) is 10.8 Å². The lowest BCUT2D eigenvalue weighted by atomic mass is 9.94. The molecule has 1 amide bonds. The van der Waals surface area contributed by atoms with E-state index in [9.17, 15) is 4.79 Å². The van der Waals surface area contributed by atoms with Gasteiger partial charge in [-0.3, -0.25) is 9.69 Å². The minimum atomic E-state index is 0.192. The van der Waals surface area contributed by atoms with Crippen LogP contribution in [0.1, 0.15) is 43.4 Å². The predicted molar refractivity (Wildman–Crippen MR) is 135 cm³/mol. The molecule has 5 rings (SSSR count). The number of anilines is 1. The first-order valence-electron chi connectivity index (χ1n) is 12.2. The summed E-state index contributed by atoms with van der Waals surface area (Å²) in [6.45, 7) is 8.15. The Balaban J connectivity index is 1.24. The fourth-order valence-electron chi connectivity index (χ4n) is 5.18. The Morgan fingerprint density at radius 2 is 1.88 bits per heavy atom. The van der Waals surface area contributed by atoms with Gasteiger partial charge in [-0.25, -0.2) is 4.68 Å². The van der Waals surface area contributed by atoms with Crippen molar-refractivity contribution < 1.29 is 4.79 Å². The summed E-state index contributed by atoms with van der Waals surface area (Å²) in [5.41, 5.74) is 4.03. The molecule has 0 N–H and O–H groups in total. The zero-order valence-electron chi connectivity index (χ0n) is 20.0. The van der Waals surface area contributed by atoms with Crippen LogP contribution >= 0.6 is 11.3 Å². The van der Waals surface area contributed by atoms with E-state index >= 15 is 0 Å². The highest BCUT2D eigenvalue weighted by Gasteiger charge is 2.28. The molecule has 0 spiro atoms. The summed E-state index contributed by atoms with van der Waals surface area (Å²) in [7, 11) is 1.97. The number of hydrogen-bond acceptors (Lipinski definition) is 6. The zero-order chi connectivity index (χ0) is 22.9. The Bertz CT molecular complexity index is 1120. The maximum atomic E-state index is 13.0. The summed E-state index contributed by atoms with van der Waals surface area (Å²) in [5.74, 6) is 0.192. The molecule has 1 saturated heterocycles. The third kappa shape index (κ3) is 4.64. The number of hydrogen-bond donors (Lipinski definition) is 0. The van der Waals surface area contributed by atoms with Crippen molar-refractivity contribution in [1.82, 2.24) is 24.6 Å². The Labute approximate surface area is 200 Å². The second-order valence-electron chi connectivity index (χ2n) is 9.55. The molecule has 2 aliphatic rings. The van der Waals surface area contributed by atoms with Crippen LogP contribution in [0.3, 0.4) is 0 Å². The van der Waals surface area contributed by atoms with Crippen LogP contribution in [0.4, 0.5) is 5.13 Å². The van der Waals surface area contributed by atoms with Gasteiger partial charge in [-0.1, -0.05) is 42.7 Å². The van der Waals surface area contributed by atoms with Crippen LogP contribution in [0.5, 0.6) is 0 Å². The molecule has 2 fully saturated rings. The molecule has 0 bridgehead atoms. The van der Waals surface area contributed by atoms with Crippen molar-refractivity contribution in [3.63, 3.8) is 0 Å². The molecule has 33 heavy (non-hydrogen) atoms. The van der Waals surface area contributed by atoms with Gasteiger partial charge in [0.2, 0.25) is 5.91 Å². The van der Waals surface area contributed by atoms with Gasteiger partial charge in [0, 0.05) is 39.3 Å². The van der Waals surface area contributed by atoms with E-state index in [4.69, 9.17) is 10.1 Å². The van der Waals surface area contributed by atoms with Crippen molar-refractivity contribution in [1.29, 1.82) is 0 Å². The summed E-state index contributed by atoms with van der Waals surface area (Å²) in [5, 5.41) is 5.57. The van der Waals surface area contributed by atoms with E-state index in [0.717, 1.165) is 59.1 Å². The maximum Gasteiger partial charge on any atom is 0.242 e. The second-order valence-corrected chi connectivity index (χ2v) is 10.5. The van der Waals surface area contributed by atoms with E-state index in [0.29, 0.717) is 6.54 Å². The van der Waals surface area contributed by atoms with Gasteiger partial charge in [-0.05, 0) is 44.4 Å². The molecule has 1 aromatic carbocycles. The lowest BCUT2D eigenvalue weighted by molar-refractivity contribution is -0.131. The molecule has 7 nitrogen and oxygen atoms in total. The first kappa shape index (κ1) is 22.3. The normalized spacial score (nSPS) is 18.2. The van der Waals surface area contributed by atoms with Crippen LogP contribution in [0.25, 0.3) is 16.0 Å². The van der Waals surface area contributed by atoms with Gasteiger partial charge in [0.1, 0.15) is 0 Å². The third-order valence-corrected chi connectivity index (χ3v) is 8.35. The van der Waals surface area contributed by atoms with Crippen molar-refractivity contribution in [2.24, 2.45) is 0 Å². The Kier molecular flexibility index (Phi) is 6.38. The number of rotatable bonds is 5. The van der Waals surface area contributed by atoms with E-state index in [2.05, 4.69) is 30.0 Å². The highest BCUT2D eigenvalue weighted by Crippen LogP contribution is 2.32. The lowest BCUT2D eigenvalue weighted by Crippen LogP contribution is -2.53. The molecule has 8 heteroatoms. The molecule has 1 aliphatic carbocycles. The number of aryl methyl sites for hydroxylation is 2. The second kappa shape index (κ2) is 9.43. The molecule has 3 aromatic rings. The number of thiazole rings is 1. The van der Waals surface area contributed by atoms with E-state index in [1.54, 1.807) is 11.3 Å². The largest absolute Gasteiger partial charge is 0.342 e. The van der Waals surface area contributed by atoms with E-state index in [1.807, 2.05) is 34.5 Å². The van der Waals surface area contributed by atoms with Crippen LogP contribution in [-0.2, 0) is 4.79 Å². The third-order valence-electron chi connectivity index (χ3n) is 7.08. The molecule has 1 aliphatic heterocycles. The number of piperazine rings is 1. The van der Waals surface area contributed by atoms with Crippen molar-refractivity contribution in [2.45, 2.75) is 52.0 Å². The Morgan fingerprint density at radius 1 is 1.12 bits per heavy atom. The quantitative estimate of drug-likeness (QED) is 0.569. The Morgan fingerprint density at radius 3 is 2.61 bits per heavy atom. The standard InChI is InChI=1S/C25H34N6OS/c1-18-8-7-11-21(16-18)31-24-23(19(2)27-31)33-25(26-24)28(3)17-22(32)30-14-12-29(13-15-30)20-9-5-4-6-10-20/h7-8,11,16,20H,4-6,9-10,12-15,17H2,1-3H3. The molecule has 176 valence electrons. The van der Waals surface area contributed by atoms with E-state index in [1.165, 1.54) is 37.7 Å². The molecule has 0 unspecified atom stereocenters. The van der Waals surface area contributed by atoms with Gasteiger partial charge >= 0.3 is 0 Å². The summed E-state index contributed by atoms with van der Waals surface area (Å²) >= 11 is 1.61. The van der Waals surface area contributed by atoms with Gasteiger partial charge in [-0.15, -0.1) is 0 Å². The highest BCUT2D eigenvalue weighted by atomic mass is 32.1. The summed E-state index contributed by atoms with van der Waals surface area (Å²) < 4.78 is 2.99. The average Bonchev–Trinajstić information content (AvgIpc) is 3.40. The number of aromatic nitrogens is 3. The minimum absolute atomic E-state index is 0.192. The summed E-state index contributed by atoms with van der Waals surface area (Å²) in [6.07, 6.45) is 6.76. The van der Waals surface area contributed by atoms with Crippen LogP contribution < -0.4 is 4.90 Å². The van der Waals surface area contributed by atoms with Gasteiger partial charge < -0.3 is 9.80 Å². The summed E-state index contributed by atoms with van der Waals surface area (Å²) in [4.78, 5) is 24.5. The number of benzene rings is 1. The van der Waals surface area contributed by atoms with E-state index < -0.39 is 0 Å². The molecule has 3 heterocycles. The van der Waals surface area contributed by atoms with Gasteiger partial charge in [0.25, 0.3) is 0 Å². The number of carbonyl (C=O) groups excluding carboxylic acids is 1. The average molecular weight is 467 g/mol. The van der Waals surface area contributed by atoms with Crippen molar-refractivity contribution in [2.75, 3.05) is 44.7 Å². The summed E-state index contributed by atoms with van der Waals surface area (Å²) in [6, 6.07) is 9.03. The monoisotopic (exact) mass is 466 g/mol. The highest BCUT2D eigenvalue weighted by molar-refractivity contribution is 7.22. The minimum Gasteiger partial charge on any atom is -0.342 e. The fourth-order valence-corrected chi connectivity index (χ4v) is 6.13. The fraction of sp³-hybridized carbons (Fsp3) is 0.560. The number of carbonyl (C=O) groups is 1. The first-order valence-corrected chi connectivity index (χ1v) is 13.0. The maximum absolute atomic E-state index is 13.0. The smallest absolute Gasteiger partial charge is 0.242 e. The van der Waals surface area contributed by atoms with Crippen molar-refractivity contribution >= 4 is 32.7 Å². The topological polar surface area (TPSA) is 57.5 Å². The molecule has 1 saturated carbocycles. The Hall–Kier alpha value is -2.45. The lowest BCUT2D eigenvalue weighted by Gasteiger charge is -2.41. The first-order chi connectivity index (χ1) is 16.0. The SMILES string of the molecule is Cc1cccc(-n2nc(C)c3sc(N(C)CC(=O)N4CCN(C5CCCCC5)CC4)nc32)c1.